The van der Waals surface area contributed by atoms with Crippen molar-refractivity contribution in [3.63, 3.8) is 0 Å². The Morgan fingerprint density at radius 3 is 1.40 bits per heavy atom. The van der Waals surface area contributed by atoms with Gasteiger partial charge in [-0.05, 0) is 69.4 Å². The van der Waals surface area contributed by atoms with Crippen LogP contribution in [0, 0.1) is 0 Å². The van der Waals surface area contributed by atoms with Gasteiger partial charge in [0.15, 0.2) is 5.78 Å². The monoisotopic (exact) mass is 536 g/mol. The minimum atomic E-state index is 0.0470. The highest BCUT2D eigenvalue weighted by molar-refractivity contribution is 6.61. The summed E-state index contributed by atoms with van der Waals surface area (Å²) in [6.07, 6.45) is 0. The molecule has 6 aromatic carbocycles. The van der Waals surface area contributed by atoms with Gasteiger partial charge in [-0.1, -0.05) is 84.9 Å². The smallest absolute Gasteiger partial charge is 0.195 e. The van der Waals surface area contributed by atoms with Crippen molar-refractivity contribution < 1.29 is 13.6 Å². The fourth-order valence-electron chi connectivity index (χ4n) is 7.21. The molecule has 0 saturated heterocycles. The summed E-state index contributed by atoms with van der Waals surface area (Å²) < 4.78 is 12.2. The third kappa shape index (κ3) is 2.72. The zero-order chi connectivity index (χ0) is 27.5. The van der Waals surface area contributed by atoms with Crippen LogP contribution in [0.2, 0.25) is 0 Å². The van der Waals surface area contributed by atoms with Crippen LogP contribution in [-0.4, -0.2) is 5.78 Å². The van der Waals surface area contributed by atoms with Crippen molar-refractivity contribution >= 4 is 82.7 Å². The maximum Gasteiger partial charge on any atom is 0.195 e. The Hall–Kier alpha value is -5.67. The van der Waals surface area contributed by atoms with Crippen LogP contribution < -0.4 is 0 Å². The van der Waals surface area contributed by atoms with Crippen LogP contribution in [0.1, 0.15) is 22.3 Å². The first-order valence-corrected chi connectivity index (χ1v) is 14.1. The molecule has 42 heavy (non-hydrogen) atoms. The summed E-state index contributed by atoms with van der Waals surface area (Å²) in [6.45, 7) is 0. The molecule has 0 atom stereocenters. The summed E-state index contributed by atoms with van der Waals surface area (Å²) in [5.74, 6) is 0.0470. The zero-order valence-corrected chi connectivity index (χ0v) is 22.3. The maximum atomic E-state index is 14.8. The van der Waals surface area contributed by atoms with Gasteiger partial charge in [-0.25, -0.2) is 0 Å². The molecule has 0 saturated carbocycles. The first-order chi connectivity index (χ1) is 20.7. The van der Waals surface area contributed by atoms with Gasteiger partial charge in [0.25, 0.3) is 0 Å². The molecule has 2 aliphatic carbocycles. The Morgan fingerprint density at radius 2 is 0.881 bits per heavy atom. The summed E-state index contributed by atoms with van der Waals surface area (Å²) in [4.78, 5) is 14.8. The summed E-state index contributed by atoms with van der Waals surface area (Å²) in [5.41, 5.74) is 10.9. The number of benzene rings is 6. The molecular weight excluding hydrogens is 516 g/mol. The van der Waals surface area contributed by atoms with Gasteiger partial charge >= 0.3 is 0 Å². The van der Waals surface area contributed by atoms with E-state index in [1.807, 2.05) is 60.7 Å². The minimum Gasteiger partial charge on any atom is -0.456 e. The fourth-order valence-corrected chi connectivity index (χ4v) is 7.21. The van der Waals surface area contributed by atoms with E-state index in [0.29, 0.717) is 0 Å². The number of furan rings is 2. The molecule has 2 aliphatic rings. The zero-order valence-electron chi connectivity index (χ0n) is 22.3. The topological polar surface area (TPSA) is 43.4 Å². The molecule has 10 rings (SSSR count). The van der Waals surface area contributed by atoms with Gasteiger partial charge < -0.3 is 8.83 Å². The second-order valence-electron chi connectivity index (χ2n) is 11.2. The lowest BCUT2D eigenvalue weighted by Crippen LogP contribution is -2.02. The van der Waals surface area contributed by atoms with E-state index in [2.05, 4.69) is 60.7 Å². The number of carbonyl (C=O) groups is 1. The fraction of sp³-hybridized carbons (Fsp3) is 0. The molecule has 0 aliphatic heterocycles. The van der Waals surface area contributed by atoms with Crippen molar-refractivity contribution in [3.05, 3.63) is 144 Å². The first-order valence-electron chi connectivity index (χ1n) is 14.1. The molecule has 0 radical (unpaired) electrons. The summed E-state index contributed by atoms with van der Waals surface area (Å²) in [7, 11) is 0. The molecule has 0 spiro atoms. The number of ketones is 1. The van der Waals surface area contributed by atoms with E-state index in [-0.39, 0.29) is 5.78 Å². The number of carbonyl (C=O) groups excluding carboxylic acids is 1. The Kier molecular flexibility index (Phi) is 4.07. The second kappa shape index (κ2) is 7.74. The normalized spacial score (nSPS) is 14.5. The van der Waals surface area contributed by atoms with Gasteiger partial charge in [0.05, 0.1) is 0 Å². The highest BCUT2D eigenvalue weighted by Crippen LogP contribution is 2.57. The van der Waals surface area contributed by atoms with Crippen molar-refractivity contribution in [2.45, 2.75) is 0 Å². The van der Waals surface area contributed by atoms with Gasteiger partial charge in [0, 0.05) is 43.8 Å². The Morgan fingerprint density at radius 1 is 0.405 bits per heavy atom. The number of para-hydroxylation sites is 2. The third-order valence-corrected chi connectivity index (χ3v) is 8.98. The van der Waals surface area contributed by atoms with Crippen LogP contribution in [-0.2, 0) is 4.79 Å². The quantitative estimate of drug-likeness (QED) is 0.221. The highest BCUT2D eigenvalue weighted by Gasteiger charge is 2.40. The van der Waals surface area contributed by atoms with E-state index in [4.69, 9.17) is 8.83 Å². The lowest BCUT2D eigenvalue weighted by atomic mass is 9.92. The predicted octanol–water partition coefficient (Wildman–Crippen LogP) is 10.1. The van der Waals surface area contributed by atoms with Crippen LogP contribution in [0.25, 0.3) is 76.9 Å². The number of rotatable bonds is 2. The second-order valence-corrected chi connectivity index (χ2v) is 11.2. The first kappa shape index (κ1) is 22.1. The SMILES string of the molecule is O=C1C(c2ccc3oc4ccccc4c3c2)=C2C(=C1c1ccc3oc4ccccc4c3c1)c1cccc3cccc2c13. The minimum absolute atomic E-state index is 0.0470. The van der Waals surface area contributed by atoms with E-state index in [0.717, 1.165) is 88.4 Å². The molecule has 2 heterocycles. The number of Topliss-reactive ketones (excluding diaryl/α,β-unsaturated/α-hetero) is 1. The number of allylic oxidation sites excluding steroid dienone is 4. The van der Waals surface area contributed by atoms with Crippen molar-refractivity contribution in [3.8, 4) is 0 Å². The number of hydrogen-bond donors (Lipinski definition) is 0. The molecule has 3 heteroatoms. The van der Waals surface area contributed by atoms with E-state index < -0.39 is 0 Å². The average Bonchev–Trinajstić information content (AvgIpc) is 3.75. The van der Waals surface area contributed by atoms with Crippen molar-refractivity contribution in [2.75, 3.05) is 0 Å². The van der Waals surface area contributed by atoms with Gasteiger partial charge in [-0.15, -0.1) is 0 Å². The third-order valence-electron chi connectivity index (χ3n) is 8.98. The summed E-state index contributed by atoms with van der Waals surface area (Å²) >= 11 is 0. The molecule has 194 valence electrons. The molecule has 8 aromatic rings. The van der Waals surface area contributed by atoms with Crippen LogP contribution in [0.5, 0.6) is 0 Å². The van der Waals surface area contributed by atoms with Gasteiger partial charge in [-0.2, -0.15) is 0 Å². The van der Waals surface area contributed by atoms with E-state index in [1.54, 1.807) is 0 Å². The van der Waals surface area contributed by atoms with E-state index >= 15 is 0 Å². The molecule has 0 amide bonds. The van der Waals surface area contributed by atoms with E-state index in [9.17, 15) is 4.79 Å². The Bertz CT molecular complexity index is 2410. The number of hydrogen-bond acceptors (Lipinski definition) is 3. The average molecular weight is 537 g/mol. The molecular formula is C39H20O3. The largest absolute Gasteiger partial charge is 0.456 e. The number of fused-ring (bicyclic) bond motifs is 9. The Balaban J connectivity index is 1.28. The molecule has 2 aromatic heterocycles. The van der Waals surface area contributed by atoms with Crippen molar-refractivity contribution in [1.29, 1.82) is 0 Å². The lowest BCUT2D eigenvalue weighted by Gasteiger charge is -2.09. The van der Waals surface area contributed by atoms with Crippen molar-refractivity contribution in [2.24, 2.45) is 0 Å². The molecule has 0 unspecified atom stereocenters. The molecule has 0 N–H and O–H groups in total. The van der Waals surface area contributed by atoms with Crippen LogP contribution in [0.4, 0.5) is 0 Å². The lowest BCUT2D eigenvalue weighted by molar-refractivity contribution is -0.108. The van der Waals surface area contributed by atoms with Gasteiger partial charge in [0.1, 0.15) is 22.3 Å². The van der Waals surface area contributed by atoms with Crippen LogP contribution in [0.3, 0.4) is 0 Å². The predicted molar refractivity (Wildman–Crippen MR) is 170 cm³/mol. The van der Waals surface area contributed by atoms with Crippen LogP contribution in [0.15, 0.2) is 130 Å². The van der Waals surface area contributed by atoms with E-state index in [1.165, 1.54) is 10.8 Å². The standard InChI is InChI=1S/C39H20O3/c40-39-35(22-15-17-32-28(19-22)24-9-1-3-13-30(24)41-32)37-26-11-5-7-21-8-6-12-27(34(21)26)38(37)36(39)23-16-18-33-29(20-23)25-10-2-4-14-31(25)42-33/h1-20H. The summed E-state index contributed by atoms with van der Waals surface area (Å²) in [6, 6.07) is 41.2. The van der Waals surface area contributed by atoms with Crippen molar-refractivity contribution in [1.82, 2.24) is 0 Å². The highest BCUT2D eigenvalue weighted by atomic mass is 16.3. The molecule has 3 nitrogen and oxygen atoms in total. The van der Waals surface area contributed by atoms with Crippen LogP contribution >= 0.6 is 0 Å². The molecule has 0 bridgehead atoms. The Labute approximate surface area is 239 Å². The van der Waals surface area contributed by atoms with Gasteiger partial charge in [-0.3, -0.25) is 4.79 Å². The molecule has 0 fully saturated rings. The van der Waals surface area contributed by atoms with Gasteiger partial charge in [0.2, 0.25) is 0 Å². The summed E-state index contributed by atoms with van der Waals surface area (Å²) in [5, 5.41) is 6.51. The maximum absolute atomic E-state index is 14.8.